The summed E-state index contributed by atoms with van der Waals surface area (Å²) in [6.45, 7) is 22.1. The van der Waals surface area contributed by atoms with Crippen LogP contribution in [0.3, 0.4) is 0 Å². The lowest BCUT2D eigenvalue weighted by Gasteiger charge is -2.18. The number of nitrogens with zero attached hydrogens (tertiary/aromatic N) is 4. The molecule has 99 heavy (non-hydrogen) atoms. The predicted octanol–water partition coefficient (Wildman–Crippen LogP) is 3.07. The summed E-state index contributed by atoms with van der Waals surface area (Å²) in [7, 11) is 0. The molecule has 568 valence electrons. The summed E-state index contributed by atoms with van der Waals surface area (Å²) < 4.78 is 28.3. The second-order valence-corrected chi connectivity index (χ2v) is 44.9. The molecule has 0 aliphatic carbocycles. The second-order valence-electron chi connectivity index (χ2n) is 27.6. The number of ether oxygens (including phenoxy) is 4. The van der Waals surface area contributed by atoms with E-state index >= 15 is 0 Å². The Balaban J connectivity index is 0.000000652. The van der Waals surface area contributed by atoms with E-state index in [1.165, 1.54) is 44.7 Å². The Labute approximate surface area is 582 Å². The molecule has 0 radical (unpaired) electrons. The lowest BCUT2D eigenvalue weighted by Crippen LogP contribution is -2.35. The van der Waals surface area contributed by atoms with Crippen LogP contribution in [-0.4, -0.2) is 255 Å². The van der Waals surface area contributed by atoms with E-state index in [0.717, 1.165) is 48.5 Å². The molecule has 4 aromatic heterocycles. The molecule has 4 aliphatic heterocycles. The molecule has 4 saturated heterocycles. The third-order valence-corrected chi connectivity index (χ3v) is 22.5. The molecule has 8 heterocycles. The zero-order valence-corrected chi connectivity index (χ0v) is 60.2. The summed E-state index contributed by atoms with van der Waals surface area (Å²) in [5.41, 5.74) is -3.92. The molecule has 32 heteroatoms. The minimum atomic E-state index is -1.28. The van der Waals surface area contributed by atoms with E-state index in [0.29, 0.717) is 45.3 Å². The van der Waals surface area contributed by atoms with Crippen LogP contribution in [0.1, 0.15) is 142 Å². The third kappa shape index (κ3) is 25.5. The van der Waals surface area contributed by atoms with Gasteiger partial charge in [0.25, 0.3) is 22.2 Å². The summed E-state index contributed by atoms with van der Waals surface area (Å²) in [6.07, 6.45) is 16.1. The van der Waals surface area contributed by atoms with Crippen molar-refractivity contribution >= 4 is 58.9 Å². The molecular weight excluding hydrogens is 1360 g/mol. The first kappa shape index (κ1) is 92.2. The van der Waals surface area contributed by atoms with Crippen molar-refractivity contribution in [3.63, 3.8) is 0 Å². The van der Waals surface area contributed by atoms with Crippen LogP contribution >= 0.6 is 27.5 Å². The SMILES string of the molecule is C.C.C.C.C=Cn1cc(C2O[C@H](CCP(=C)(C)C)[C@@H](O)[C@H]2O)c(=O)[nH]c1=O.C=P(C)(C)CC[C@H]1OC(c2cn(CC)c(=O)[nH]c2=O)[C@H](O)[C@@H]1O.C=P(C)(C)CC[C@H]1OC(c2cn(CCC)c(=O)[nH]c2=O)[C@H](O)[C@@H]1O.C=P(C)(C)CC[C@H]1OC(c2cn(CCCC)c(=O)[nH]c2=O)[C@H](O)[C@@H]1O. The van der Waals surface area contributed by atoms with Gasteiger partial charge >= 0.3 is 22.8 Å². The zero-order valence-electron chi connectivity index (χ0n) is 56.6. The van der Waals surface area contributed by atoms with Crippen molar-refractivity contribution in [3.8, 4) is 0 Å². The summed E-state index contributed by atoms with van der Waals surface area (Å²) in [5.74, 6) is 0. The van der Waals surface area contributed by atoms with Gasteiger partial charge in [-0.05, 0) is 123 Å². The van der Waals surface area contributed by atoms with Crippen LogP contribution in [0.5, 0.6) is 0 Å². The van der Waals surface area contributed by atoms with Gasteiger partial charge in [0.1, 0.15) is 73.2 Å². The number of hydrogen-bond acceptors (Lipinski definition) is 20. The Bertz CT molecular complexity index is 3960. The first-order valence-corrected chi connectivity index (χ1v) is 44.0. The van der Waals surface area contributed by atoms with E-state index in [9.17, 15) is 79.2 Å². The highest BCUT2D eigenvalue weighted by atomic mass is 31.2. The second kappa shape index (κ2) is 39.2. The summed E-state index contributed by atoms with van der Waals surface area (Å²) in [6, 6.07) is 0. The molecule has 0 spiro atoms. The molecule has 4 aromatic rings. The van der Waals surface area contributed by atoms with Crippen molar-refractivity contribution in [2.24, 2.45) is 0 Å². The fourth-order valence-electron chi connectivity index (χ4n) is 11.0. The quantitative estimate of drug-likeness (QED) is 0.0475. The van der Waals surface area contributed by atoms with Gasteiger partial charge in [-0.1, -0.05) is 56.6 Å². The van der Waals surface area contributed by atoms with Gasteiger partial charge in [0.2, 0.25) is 0 Å². The Morgan fingerprint density at radius 3 is 0.899 bits per heavy atom. The largest absolute Gasteiger partial charge is 0.388 e. The molecule has 0 aromatic carbocycles. The van der Waals surface area contributed by atoms with E-state index in [1.807, 2.05) is 13.8 Å². The summed E-state index contributed by atoms with van der Waals surface area (Å²) in [5, 5.41) is 82.0. The van der Waals surface area contributed by atoms with Crippen LogP contribution in [-0.2, 0) is 38.6 Å². The normalized spacial score (nSPS) is 26.5. The number of aryl methyl sites for hydroxylation is 3. The number of hydrogen-bond donors (Lipinski definition) is 12. The molecule has 0 amide bonds. The maximum atomic E-state index is 12.2. The first-order chi connectivity index (χ1) is 44.0. The maximum absolute atomic E-state index is 12.2. The van der Waals surface area contributed by atoms with Crippen LogP contribution in [0.25, 0.3) is 6.20 Å². The smallest absolute Gasteiger partial charge is 0.332 e. The molecule has 4 aliphatic rings. The van der Waals surface area contributed by atoms with Crippen molar-refractivity contribution in [2.45, 2.75) is 213 Å². The fraction of sp³-hybridized carbons (Fsp3) is 0.672. The number of aliphatic hydroxyl groups excluding tert-OH is 8. The highest BCUT2D eigenvalue weighted by Gasteiger charge is 2.48. The Morgan fingerprint density at radius 1 is 0.394 bits per heavy atom. The molecule has 8 rings (SSSR count). The molecule has 0 bridgehead atoms. The van der Waals surface area contributed by atoms with E-state index in [1.54, 1.807) is 6.92 Å². The van der Waals surface area contributed by atoms with Crippen molar-refractivity contribution < 1.29 is 59.8 Å². The molecule has 28 nitrogen and oxygen atoms in total. The molecular formula is C67H120N8O20P4. The van der Waals surface area contributed by atoms with Crippen molar-refractivity contribution in [3.05, 3.63) is 137 Å². The monoisotopic (exact) mass is 1480 g/mol. The number of unbranched alkanes of at least 4 members (excludes halogenated alkanes) is 1. The lowest BCUT2D eigenvalue weighted by atomic mass is 10.0. The van der Waals surface area contributed by atoms with Gasteiger partial charge in [0, 0.05) is 50.6 Å². The van der Waals surface area contributed by atoms with Gasteiger partial charge in [-0.2, -0.15) is 0 Å². The molecule has 12 N–H and O–H groups in total. The average molecular weight is 1480 g/mol. The number of rotatable bonds is 23. The third-order valence-electron chi connectivity index (χ3n) is 16.6. The van der Waals surface area contributed by atoms with Gasteiger partial charge in [-0.3, -0.25) is 43.7 Å². The van der Waals surface area contributed by atoms with E-state index in [2.05, 4.69) is 105 Å². The molecule has 16 atom stereocenters. The minimum absolute atomic E-state index is 0. The number of H-pyrrole nitrogens is 4. The van der Waals surface area contributed by atoms with Gasteiger partial charge in [-0.25, -0.2) is 19.2 Å². The van der Waals surface area contributed by atoms with Crippen LogP contribution < -0.4 is 45.0 Å². The highest BCUT2D eigenvalue weighted by Crippen LogP contribution is 2.44. The van der Waals surface area contributed by atoms with Crippen LogP contribution in [0, 0.1) is 0 Å². The highest BCUT2D eigenvalue weighted by molar-refractivity contribution is 7.73. The van der Waals surface area contributed by atoms with Gasteiger partial charge < -0.3 is 73.5 Å². The molecule has 4 fully saturated rings. The number of aromatic nitrogens is 8. The van der Waals surface area contributed by atoms with E-state index in [4.69, 9.17) is 18.9 Å². The summed E-state index contributed by atoms with van der Waals surface area (Å²) >= 11 is 0. The van der Waals surface area contributed by atoms with Crippen LogP contribution in [0.2, 0.25) is 0 Å². The van der Waals surface area contributed by atoms with Gasteiger partial charge in [0.15, 0.2) is 0 Å². The van der Waals surface area contributed by atoms with Crippen LogP contribution in [0.15, 0.2) is 69.7 Å². The zero-order chi connectivity index (χ0) is 71.6. The minimum Gasteiger partial charge on any atom is -0.388 e. The number of aliphatic hydroxyl groups is 8. The predicted molar refractivity (Wildman–Crippen MR) is 409 cm³/mol. The summed E-state index contributed by atoms with van der Waals surface area (Å²) in [4.78, 5) is 104. The van der Waals surface area contributed by atoms with Crippen LogP contribution in [0.4, 0.5) is 0 Å². The van der Waals surface area contributed by atoms with Gasteiger partial charge in [-0.15, -0.1) is 52.7 Å². The van der Waals surface area contributed by atoms with E-state index in [-0.39, 0.29) is 52.0 Å². The standard InChI is InChI=1S/C17H29N2O5P.C16H27N2O5P.C15H25N2O5P.C15H23N2O5P.4CH4/c1-5-6-8-19-10-11(16(22)18-17(19)23)15-14(21)13(20)12(24-15)7-9-25(2,3)4;1-5-7-18-9-10(15(21)17-16(18)22)14-13(20)12(19)11(23-14)6-8-24(2,3)4;2*1-5-17-8-9(14(20)16-15(17)21)13-12(19)11(18)10(22-13)6-7-23(2,3)4;;;;/h10,12-15,20-21H,2,5-9H2,1,3-4H3,(H,18,22,23);9,11-14,19-20H,2,5-8H2,1,3-4H3,(H,17,21,22);8,10-13,18-19H,2,5-7H2,1,3-4H3,(H,16,20,21);5,8,10-13,18-19H,1-2,6-7H2,3-4H3,(H,16,20,21);4*1H4/t12-,13-,14-,15?;11-,12-,13-,14?;2*10-,11-,12-,13?;;;;/m1111..../s1. The van der Waals surface area contributed by atoms with Crippen molar-refractivity contribution in [1.29, 1.82) is 0 Å². The van der Waals surface area contributed by atoms with Gasteiger partial charge in [0.05, 0.1) is 46.7 Å². The Hall–Kier alpha value is -4.82. The lowest BCUT2D eigenvalue weighted by molar-refractivity contribution is 0.00493. The first-order valence-electron chi connectivity index (χ1n) is 31.8. The topological polar surface area (TPSA) is 418 Å². The number of aromatic amines is 4. The van der Waals surface area contributed by atoms with Crippen molar-refractivity contribution in [1.82, 2.24) is 38.2 Å². The average Bonchev–Trinajstić information content (AvgIpc) is 1.70. The van der Waals surface area contributed by atoms with E-state index < -0.39 is 170 Å². The Kier molecular flexibility index (Phi) is 36.5. The maximum Gasteiger partial charge on any atom is 0.332 e. The molecule has 4 unspecified atom stereocenters. The Morgan fingerprint density at radius 2 is 0.646 bits per heavy atom. The number of nitrogens with one attached hydrogen (secondary N) is 4. The molecule has 0 saturated carbocycles. The van der Waals surface area contributed by atoms with Crippen molar-refractivity contribution in [2.75, 3.05) is 78.0 Å². The fourth-order valence-corrected chi connectivity index (χ4v) is 14.9.